The summed E-state index contributed by atoms with van der Waals surface area (Å²) >= 11 is 5.81. The summed E-state index contributed by atoms with van der Waals surface area (Å²) in [5.74, 6) is -0.969. The fourth-order valence-corrected chi connectivity index (χ4v) is 3.07. The highest BCUT2D eigenvalue weighted by Crippen LogP contribution is 2.18. The number of amides is 1. The van der Waals surface area contributed by atoms with E-state index in [0.717, 1.165) is 16.6 Å². The molecule has 1 N–H and O–H groups in total. The number of nitrogens with zero attached hydrogens (tertiary/aromatic N) is 1. The first-order valence-corrected chi connectivity index (χ1v) is 9.21. The minimum atomic E-state index is -3.50. The number of sulfonamides is 1. The zero-order chi connectivity index (χ0) is 17.7. The Morgan fingerprint density at radius 2 is 2.08 bits per heavy atom. The molecule has 0 bridgehead atoms. The van der Waals surface area contributed by atoms with Gasteiger partial charge in [-0.3, -0.25) is 4.79 Å². The second kappa shape index (κ2) is 7.78. The summed E-state index contributed by atoms with van der Waals surface area (Å²) < 4.78 is 43.5. The van der Waals surface area contributed by atoms with E-state index < -0.39 is 21.7 Å². The predicted molar refractivity (Wildman–Crippen MR) is 87.7 cm³/mol. The van der Waals surface area contributed by atoms with Crippen molar-refractivity contribution in [2.45, 2.75) is 6.54 Å². The fraction of sp³-hybridized carbons (Fsp3) is 0.267. The monoisotopic (exact) mass is 374 g/mol. The van der Waals surface area contributed by atoms with Crippen molar-refractivity contribution in [1.29, 1.82) is 0 Å². The molecular formula is C15H16ClFN2O4S. The molecule has 0 unspecified atom stereocenters. The fourth-order valence-electron chi connectivity index (χ4n) is 2.04. The Hall–Kier alpha value is -1.90. The van der Waals surface area contributed by atoms with Crippen LogP contribution in [0.4, 0.5) is 4.39 Å². The molecule has 0 spiro atoms. The van der Waals surface area contributed by atoms with E-state index in [9.17, 15) is 17.6 Å². The highest BCUT2D eigenvalue weighted by molar-refractivity contribution is 7.88. The summed E-state index contributed by atoms with van der Waals surface area (Å²) in [6, 6.07) is 7.22. The number of benzene rings is 1. The van der Waals surface area contributed by atoms with Gasteiger partial charge in [-0.05, 0) is 24.3 Å². The normalized spacial score (nSPS) is 11.7. The van der Waals surface area contributed by atoms with Crippen molar-refractivity contribution < 1.29 is 22.0 Å². The van der Waals surface area contributed by atoms with E-state index in [0.29, 0.717) is 5.76 Å². The van der Waals surface area contributed by atoms with E-state index in [1.807, 2.05) is 0 Å². The highest BCUT2D eigenvalue weighted by Gasteiger charge is 2.20. The summed E-state index contributed by atoms with van der Waals surface area (Å²) in [6.07, 6.45) is 2.50. The second-order valence-electron chi connectivity index (χ2n) is 5.03. The van der Waals surface area contributed by atoms with Crippen molar-refractivity contribution in [2.24, 2.45) is 0 Å². The van der Waals surface area contributed by atoms with Crippen molar-refractivity contribution in [1.82, 2.24) is 9.62 Å². The number of carbonyl (C=O) groups is 1. The minimum Gasteiger partial charge on any atom is -0.468 e. The Labute approximate surface area is 144 Å². The van der Waals surface area contributed by atoms with Crippen molar-refractivity contribution in [2.75, 3.05) is 19.3 Å². The van der Waals surface area contributed by atoms with Gasteiger partial charge in [-0.2, -0.15) is 4.31 Å². The lowest BCUT2D eigenvalue weighted by Gasteiger charge is -2.19. The van der Waals surface area contributed by atoms with Gasteiger partial charge in [0.15, 0.2) is 0 Å². The lowest BCUT2D eigenvalue weighted by molar-refractivity contribution is 0.0947. The Bertz CT molecular complexity index is 789. The molecule has 6 nitrogen and oxygen atoms in total. The average molecular weight is 375 g/mol. The Balaban J connectivity index is 1.99. The summed E-state index contributed by atoms with van der Waals surface area (Å²) in [4.78, 5) is 12.0. The smallest absolute Gasteiger partial charge is 0.255 e. The number of halogens is 2. The summed E-state index contributed by atoms with van der Waals surface area (Å²) in [5, 5.41) is 2.45. The van der Waals surface area contributed by atoms with Gasteiger partial charge in [0.25, 0.3) is 5.91 Å². The third-order valence-corrected chi connectivity index (χ3v) is 4.78. The molecule has 0 aliphatic rings. The van der Waals surface area contributed by atoms with E-state index >= 15 is 0 Å². The van der Waals surface area contributed by atoms with E-state index in [-0.39, 0.29) is 30.2 Å². The molecule has 2 aromatic rings. The lowest BCUT2D eigenvalue weighted by Crippen LogP contribution is -2.37. The number of rotatable bonds is 7. The number of hydrogen-bond acceptors (Lipinski definition) is 4. The van der Waals surface area contributed by atoms with Gasteiger partial charge in [0, 0.05) is 13.1 Å². The molecule has 1 amide bonds. The van der Waals surface area contributed by atoms with Gasteiger partial charge in [0.1, 0.15) is 11.6 Å². The molecule has 130 valence electrons. The predicted octanol–water partition coefficient (Wildman–Crippen LogP) is 2.26. The molecule has 0 atom stereocenters. The minimum absolute atomic E-state index is 0.00270. The molecule has 1 heterocycles. The molecule has 0 aliphatic carbocycles. The van der Waals surface area contributed by atoms with Gasteiger partial charge in [0.2, 0.25) is 10.0 Å². The summed E-state index contributed by atoms with van der Waals surface area (Å²) in [7, 11) is -3.50. The van der Waals surface area contributed by atoms with Crippen LogP contribution in [0.2, 0.25) is 5.02 Å². The molecular weight excluding hydrogens is 359 g/mol. The zero-order valence-corrected chi connectivity index (χ0v) is 14.4. The Morgan fingerprint density at radius 1 is 1.33 bits per heavy atom. The zero-order valence-electron chi connectivity index (χ0n) is 12.8. The quantitative estimate of drug-likeness (QED) is 0.806. The van der Waals surface area contributed by atoms with Crippen LogP contribution in [0.1, 0.15) is 16.1 Å². The number of hydrogen-bond donors (Lipinski definition) is 1. The van der Waals surface area contributed by atoms with Crippen molar-refractivity contribution in [3.63, 3.8) is 0 Å². The maximum atomic E-state index is 13.7. The molecule has 0 aliphatic heterocycles. The summed E-state index contributed by atoms with van der Waals surface area (Å²) in [6.45, 7) is 0.0524. The van der Waals surface area contributed by atoms with Crippen LogP contribution in [0, 0.1) is 5.82 Å². The van der Waals surface area contributed by atoms with Crippen LogP contribution in [0.3, 0.4) is 0 Å². The molecule has 0 saturated carbocycles. The van der Waals surface area contributed by atoms with E-state index in [1.165, 1.54) is 18.4 Å². The van der Waals surface area contributed by atoms with Crippen molar-refractivity contribution in [3.05, 3.63) is 58.8 Å². The first-order valence-electron chi connectivity index (χ1n) is 6.98. The molecule has 24 heavy (non-hydrogen) atoms. The largest absolute Gasteiger partial charge is 0.468 e. The second-order valence-corrected chi connectivity index (χ2v) is 7.42. The Morgan fingerprint density at radius 3 is 2.67 bits per heavy atom. The number of nitrogens with one attached hydrogen (secondary N) is 1. The summed E-state index contributed by atoms with van der Waals surface area (Å²) in [5.41, 5.74) is -0.267. The van der Waals surface area contributed by atoms with Crippen molar-refractivity contribution in [3.8, 4) is 0 Å². The van der Waals surface area contributed by atoms with Crippen LogP contribution >= 0.6 is 11.6 Å². The van der Waals surface area contributed by atoms with Crippen LogP contribution < -0.4 is 5.32 Å². The molecule has 0 fully saturated rings. The topological polar surface area (TPSA) is 79.6 Å². The molecule has 0 radical (unpaired) electrons. The first-order chi connectivity index (χ1) is 11.3. The van der Waals surface area contributed by atoms with Gasteiger partial charge < -0.3 is 9.73 Å². The van der Waals surface area contributed by atoms with Gasteiger partial charge >= 0.3 is 0 Å². The van der Waals surface area contributed by atoms with Crippen LogP contribution in [0.15, 0.2) is 41.0 Å². The van der Waals surface area contributed by atoms with E-state index in [2.05, 4.69) is 5.32 Å². The lowest BCUT2D eigenvalue weighted by atomic mass is 10.2. The Kier molecular flexibility index (Phi) is 5.98. The highest BCUT2D eigenvalue weighted by atomic mass is 35.5. The molecule has 1 aromatic carbocycles. The van der Waals surface area contributed by atoms with Crippen LogP contribution in [-0.2, 0) is 16.6 Å². The van der Waals surface area contributed by atoms with Gasteiger partial charge in [-0.1, -0.05) is 17.7 Å². The molecule has 0 saturated heterocycles. The van der Waals surface area contributed by atoms with E-state index in [1.54, 1.807) is 12.1 Å². The van der Waals surface area contributed by atoms with Crippen LogP contribution in [0.5, 0.6) is 0 Å². The van der Waals surface area contributed by atoms with E-state index in [4.69, 9.17) is 16.0 Å². The first kappa shape index (κ1) is 18.4. The van der Waals surface area contributed by atoms with Crippen LogP contribution in [-0.4, -0.2) is 38.0 Å². The van der Waals surface area contributed by atoms with Gasteiger partial charge in [0.05, 0.1) is 29.6 Å². The number of carbonyl (C=O) groups excluding carboxylic acids is 1. The van der Waals surface area contributed by atoms with Gasteiger partial charge in [-0.25, -0.2) is 12.8 Å². The molecule has 1 aromatic heterocycles. The SMILES string of the molecule is CS(=O)(=O)N(CCNC(=O)c1c(F)cccc1Cl)Cc1ccco1. The molecule has 2 rings (SSSR count). The average Bonchev–Trinajstić information content (AvgIpc) is 2.98. The maximum Gasteiger partial charge on any atom is 0.255 e. The standard InChI is InChI=1S/C15H16ClFN2O4S/c1-24(21,22)19(10-11-4-3-9-23-11)8-7-18-15(20)14-12(16)5-2-6-13(14)17/h2-6,9H,7-8,10H2,1H3,(H,18,20). The molecule has 9 heteroatoms. The number of furan rings is 1. The van der Waals surface area contributed by atoms with Gasteiger partial charge in [-0.15, -0.1) is 0 Å². The van der Waals surface area contributed by atoms with Crippen molar-refractivity contribution >= 4 is 27.5 Å². The third-order valence-electron chi connectivity index (χ3n) is 3.22. The van der Waals surface area contributed by atoms with Crippen LogP contribution in [0.25, 0.3) is 0 Å². The third kappa shape index (κ3) is 4.80. The maximum absolute atomic E-state index is 13.7.